The molecule has 156 valence electrons. The van der Waals surface area contributed by atoms with Crippen LogP contribution in [0.5, 0.6) is 0 Å². The molecule has 6 nitrogen and oxygen atoms in total. The summed E-state index contributed by atoms with van der Waals surface area (Å²) >= 11 is 12.1. The van der Waals surface area contributed by atoms with E-state index in [1.54, 1.807) is 23.5 Å². The SMILES string of the molecule is O=C(O[C@H](Cn1ccnc1)c1ccccc1)N1CCN(c2ccc(Cl)c(Cl)c2)CC1. The highest BCUT2D eigenvalue weighted by atomic mass is 35.5. The minimum absolute atomic E-state index is 0.308. The molecule has 0 radical (unpaired) electrons. The number of rotatable bonds is 5. The molecule has 3 aromatic rings. The van der Waals surface area contributed by atoms with Crippen LogP contribution in [0.3, 0.4) is 0 Å². The van der Waals surface area contributed by atoms with Crippen molar-refractivity contribution in [3.05, 3.63) is 82.9 Å². The molecular formula is C22H22Cl2N4O2. The van der Waals surface area contributed by atoms with Gasteiger partial charge in [-0.15, -0.1) is 0 Å². The number of imidazole rings is 1. The highest BCUT2D eigenvalue weighted by Crippen LogP contribution is 2.28. The summed E-state index contributed by atoms with van der Waals surface area (Å²) in [6.07, 6.45) is 4.60. The van der Waals surface area contributed by atoms with Crippen molar-refractivity contribution < 1.29 is 9.53 Å². The summed E-state index contributed by atoms with van der Waals surface area (Å²) in [5, 5.41) is 1.06. The van der Waals surface area contributed by atoms with Gasteiger partial charge in [0.25, 0.3) is 0 Å². The van der Waals surface area contributed by atoms with Gasteiger partial charge in [-0.3, -0.25) is 0 Å². The Labute approximate surface area is 185 Å². The van der Waals surface area contributed by atoms with Crippen molar-refractivity contribution in [2.24, 2.45) is 0 Å². The predicted molar refractivity (Wildman–Crippen MR) is 118 cm³/mol. The third-order valence-corrected chi connectivity index (χ3v) is 5.90. The third kappa shape index (κ3) is 4.89. The lowest BCUT2D eigenvalue weighted by Gasteiger charge is -2.36. The van der Waals surface area contributed by atoms with Crippen LogP contribution >= 0.6 is 23.2 Å². The number of hydrogen-bond donors (Lipinski definition) is 0. The van der Waals surface area contributed by atoms with Gasteiger partial charge < -0.3 is 19.1 Å². The van der Waals surface area contributed by atoms with Crippen molar-refractivity contribution in [3.63, 3.8) is 0 Å². The monoisotopic (exact) mass is 444 g/mol. The van der Waals surface area contributed by atoms with E-state index in [9.17, 15) is 4.79 Å². The molecule has 1 atom stereocenters. The van der Waals surface area contributed by atoms with E-state index in [2.05, 4.69) is 9.88 Å². The van der Waals surface area contributed by atoms with Crippen molar-refractivity contribution in [3.8, 4) is 0 Å². The summed E-state index contributed by atoms with van der Waals surface area (Å²) in [5.41, 5.74) is 1.95. The zero-order chi connectivity index (χ0) is 20.9. The Morgan fingerprint density at radius 1 is 1.03 bits per heavy atom. The van der Waals surface area contributed by atoms with E-state index in [-0.39, 0.29) is 12.2 Å². The molecule has 1 aliphatic rings. The molecule has 1 aliphatic heterocycles. The maximum atomic E-state index is 12.9. The van der Waals surface area contributed by atoms with Gasteiger partial charge in [0, 0.05) is 44.3 Å². The molecule has 0 unspecified atom stereocenters. The highest BCUT2D eigenvalue weighted by molar-refractivity contribution is 6.42. The van der Waals surface area contributed by atoms with E-state index in [1.165, 1.54) is 0 Å². The number of ether oxygens (including phenoxy) is 1. The number of amides is 1. The van der Waals surface area contributed by atoms with Crippen LogP contribution in [0.2, 0.25) is 10.0 Å². The largest absolute Gasteiger partial charge is 0.439 e. The molecule has 30 heavy (non-hydrogen) atoms. The number of carbonyl (C=O) groups is 1. The van der Waals surface area contributed by atoms with Crippen LogP contribution in [0.25, 0.3) is 0 Å². The molecule has 4 rings (SSSR count). The van der Waals surface area contributed by atoms with Crippen LogP contribution in [0.4, 0.5) is 10.5 Å². The van der Waals surface area contributed by atoms with Crippen LogP contribution in [0.15, 0.2) is 67.3 Å². The van der Waals surface area contributed by atoms with Gasteiger partial charge in [-0.25, -0.2) is 9.78 Å². The minimum Gasteiger partial charge on any atom is -0.439 e. The van der Waals surface area contributed by atoms with Crippen molar-refractivity contribution in [1.29, 1.82) is 0 Å². The first-order valence-corrected chi connectivity index (χ1v) is 10.5. The number of nitrogens with zero attached hydrogens (tertiary/aromatic N) is 4. The Kier molecular flexibility index (Phi) is 6.45. The number of anilines is 1. The second-order valence-electron chi connectivity index (χ2n) is 7.12. The Morgan fingerprint density at radius 2 is 1.80 bits per heavy atom. The lowest BCUT2D eigenvalue weighted by Crippen LogP contribution is -2.49. The number of hydrogen-bond acceptors (Lipinski definition) is 4. The van der Waals surface area contributed by atoms with Gasteiger partial charge in [0.1, 0.15) is 6.10 Å². The molecular weight excluding hydrogens is 423 g/mol. The Bertz CT molecular complexity index is 974. The zero-order valence-electron chi connectivity index (χ0n) is 16.3. The van der Waals surface area contributed by atoms with Gasteiger partial charge in [0.2, 0.25) is 0 Å². The summed E-state index contributed by atoms with van der Waals surface area (Å²) in [5.74, 6) is 0. The first-order valence-electron chi connectivity index (χ1n) is 9.76. The zero-order valence-corrected chi connectivity index (χ0v) is 17.8. The average molecular weight is 445 g/mol. The predicted octanol–water partition coefficient (Wildman–Crippen LogP) is 4.89. The number of aromatic nitrogens is 2. The molecule has 0 N–H and O–H groups in total. The first-order chi connectivity index (χ1) is 14.6. The summed E-state index contributed by atoms with van der Waals surface area (Å²) < 4.78 is 7.82. The first kappa shape index (κ1) is 20.6. The molecule has 0 aliphatic carbocycles. The molecule has 8 heteroatoms. The van der Waals surface area contributed by atoms with Gasteiger partial charge in [-0.2, -0.15) is 0 Å². The highest BCUT2D eigenvalue weighted by Gasteiger charge is 2.26. The lowest BCUT2D eigenvalue weighted by atomic mass is 10.1. The average Bonchev–Trinajstić information content (AvgIpc) is 3.29. The minimum atomic E-state index is -0.388. The van der Waals surface area contributed by atoms with E-state index in [1.807, 2.05) is 53.2 Å². The van der Waals surface area contributed by atoms with Crippen molar-refractivity contribution in [2.75, 3.05) is 31.1 Å². The van der Waals surface area contributed by atoms with Gasteiger partial charge in [-0.05, 0) is 23.8 Å². The topological polar surface area (TPSA) is 50.6 Å². The fourth-order valence-electron chi connectivity index (χ4n) is 3.49. The molecule has 2 aromatic carbocycles. The van der Waals surface area contributed by atoms with Gasteiger partial charge in [-0.1, -0.05) is 53.5 Å². The lowest BCUT2D eigenvalue weighted by molar-refractivity contribution is 0.0530. The molecule has 1 fully saturated rings. The number of halogens is 2. The van der Waals surface area contributed by atoms with E-state index < -0.39 is 0 Å². The fraction of sp³-hybridized carbons (Fsp3) is 0.273. The van der Waals surface area contributed by atoms with Crippen LogP contribution in [0.1, 0.15) is 11.7 Å². The number of piperazine rings is 1. The molecule has 1 aromatic heterocycles. The van der Waals surface area contributed by atoms with Crippen molar-refractivity contribution in [2.45, 2.75) is 12.6 Å². The number of carbonyl (C=O) groups excluding carboxylic acids is 1. The van der Waals surface area contributed by atoms with Gasteiger partial charge >= 0.3 is 6.09 Å². The molecule has 2 heterocycles. The van der Waals surface area contributed by atoms with Crippen molar-refractivity contribution >= 4 is 35.0 Å². The summed E-state index contributed by atoms with van der Waals surface area (Å²) in [6.45, 7) is 3.06. The Hall–Kier alpha value is -2.70. The van der Waals surface area contributed by atoms with Crippen LogP contribution in [-0.2, 0) is 11.3 Å². The number of benzene rings is 2. The van der Waals surface area contributed by atoms with E-state index in [0.29, 0.717) is 42.8 Å². The molecule has 1 saturated heterocycles. The summed E-state index contributed by atoms with van der Waals surface area (Å²) in [7, 11) is 0. The summed E-state index contributed by atoms with van der Waals surface area (Å²) in [4.78, 5) is 20.9. The van der Waals surface area contributed by atoms with Gasteiger partial charge in [0.15, 0.2) is 0 Å². The van der Waals surface area contributed by atoms with Crippen molar-refractivity contribution in [1.82, 2.24) is 14.5 Å². The standard InChI is InChI=1S/C22H22Cl2N4O2/c23-19-7-6-18(14-20(19)24)27-10-12-28(13-11-27)22(29)30-21(15-26-9-8-25-16-26)17-4-2-1-3-5-17/h1-9,14,16,21H,10-13,15H2/t21-/m1/s1. The molecule has 0 saturated carbocycles. The normalized spacial score (nSPS) is 15.1. The van der Waals surface area contributed by atoms with Crippen LogP contribution < -0.4 is 4.90 Å². The third-order valence-electron chi connectivity index (χ3n) is 5.16. The second-order valence-corrected chi connectivity index (χ2v) is 7.93. The quantitative estimate of drug-likeness (QED) is 0.561. The van der Waals surface area contributed by atoms with Crippen LogP contribution in [0, 0.1) is 0 Å². The van der Waals surface area contributed by atoms with Crippen LogP contribution in [-0.4, -0.2) is 46.7 Å². The van der Waals surface area contributed by atoms with E-state index in [4.69, 9.17) is 27.9 Å². The smallest absolute Gasteiger partial charge is 0.410 e. The van der Waals surface area contributed by atoms with E-state index in [0.717, 1.165) is 11.3 Å². The Morgan fingerprint density at radius 3 is 2.47 bits per heavy atom. The van der Waals surface area contributed by atoms with E-state index >= 15 is 0 Å². The van der Waals surface area contributed by atoms with Gasteiger partial charge in [0.05, 0.1) is 22.9 Å². The molecule has 1 amide bonds. The Balaban J connectivity index is 1.39. The maximum absolute atomic E-state index is 12.9. The fourth-order valence-corrected chi connectivity index (χ4v) is 3.78. The molecule has 0 bridgehead atoms. The second kappa shape index (κ2) is 9.41. The molecule has 0 spiro atoms. The maximum Gasteiger partial charge on any atom is 0.410 e. The summed E-state index contributed by atoms with van der Waals surface area (Å²) in [6, 6.07) is 15.4.